The second-order valence-corrected chi connectivity index (χ2v) is 6.74. The smallest absolute Gasteiger partial charge is 0.138 e. The van der Waals surface area contributed by atoms with E-state index in [0.717, 1.165) is 25.1 Å². The Morgan fingerprint density at radius 2 is 1.95 bits per heavy atom. The zero-order chi connectivity index (χ0) is 14.6. The summed E-state index contributed by atoms with van der Waals surface area (Å²) in [6.07, 6.45) is 2.58. The lowest BCUT2D eigenvalue weighted by Crippen LogP contribution is -2.41. The number of ether oxygens (including phenoxy) is 2. The van der Waals surface area contributed by atoms with Crippen LogP contribution in [0.4, 0.5) is 0 Å². The molecule has 1 heterocycles. The van der Waals surface area contributed by atoms with Gasteiger partial charge in [0.05, 0.1) is 17.2 Å². The Morgan fingerprint density at radius 1 is 1.25 bits per heavy atom. The zero-order valence-electron chi connectivity index (χ0n) is 12.5. The Morgan fingerprint density at radius 3 is 2.65 bits per heavy atom. The molecule has 2 atom stereocenters. The van der Waals surface area contributed by atoms with Crippen molar-refractivity contribution in [3.8, 4) is 5.75 Å². The largest absolute Gasteiger partial charge is 0.489 e. The minimum Gasteiger partial charge on any atom is -0.489 e. The Kier molecular flexibility index (Phi) is 5.30. The molecule has 1 aromatic rings. The highest BCUT2D eigenvalue weighted by Gasteiger charge is 2.26. The molecule has 2 unspecified atom stereocenters. The molecule has 3 nitrogen and oxygen atoms in total. The molecule has 1 fully saturated rings. The summed E-state index contributed by atoms with van der Waals surface area (Å²) in [5.41, 5.74) is 0.134. The summed E-state index contributed by atoms with van der Waals surface area (Å²) in [5.74, 6) is 0.731. The van der Waals surface area contributed by atoms with Crippen molar-refractivity contribution in [2.75, 3.05) is 13.2 Å². The Labute approximate surface area is 126 Å². The molecular weight excluding hydrogens is 274 g/mol. The maximum atomic E-state index is 6.06. The molecule has 0 radical (unpaired) electrons. The van der Waals surface area contributed by atoms with Gasteiger partial charge in [-0.15, -0.1) is 0 Å². The van der Waals surface area contributed by atoms with E-state index in [1.54, 1.807) is 0 Å². The number of halogens is 1. The molecule has 0 bridgehead atoms. The number of hydrogen-bond acceptors (Lipinski definition) is 3. The van der Waals surface area contributed by atoms with Crippen molar-refractivity contribution in [3.05, 3.63) is 29.3 Å². The predicted molar refractivity (Wildman–Crippen MR) is 82.6 cm³/mol. The molecule has 1 saturated heterocycles. The standard InChI is InChI=1S/C16H24ClNO2/c1-16(2,3)18-10-12-8-9-13(20-12)11-19-15-7-5-4-6-14(15)17/h4-7,12-13,18H,8-11H2,1-3H3. The molecule has 2 rings (SSSR count). The lowest BCUT2D eigenvalue weighted by Gasteiger charge is -2.23. The SMILES string of the molecule is CC(C)(C)NCC1CCC(COc2ccccc2Cl)O1. The minimum atomic E-state index is 0.134. The van der Waals surface area contributed by atoms with Crippen LogP contribution in [-0.2, 0) is 4.74 Å². The van der Waals surface area contributed by atoms with E-state index in [-0.39, 0.29) is 17.7 Å². The highest BCUT2D eigenvalue weighted by molar-refractivity contribution is 6.32. The van der Waals surface area contributed by atoms with Crippen LogP contribution in [0.2, 0.25) is 5.02 Å². The fraction of sp³-hybridized carbons (Fsp3) is 0.625. The van der Waals surface area contributed by atoms with Crippen LogP contribution in [0.15, 0.2) is 24.3 Å². The summed E-state index contributed by atoms with van der Waals surface area (Å²) in [6, 6.07) is 7.54. The first-order chi connectivity index (χ1) is 9.44. The second-order valence-electron chi connectivity index (χ2n) is 6.33. The Bertz CT molecular complexity index is 431. The first-order valence-corrected chi connectivity index (χ1v) is 7.60. The van der Waals surface area contributed by atoms with Gasteiger partial charge in [0.25, 0.3) is 0 Å². The van der Waals surface area contributed by atoms with Crippen molar-refractivity contribution in [2.45, 2.75) is 51.4 Å². The summed E-state index contributed by atoms with van der Waals surface area (Å²) >= 11 is 6.06. The highest BCUT2D eigenvalue weighted by Crippen LogP contribution is 2.25. The van der Waals surface area contributed by atoms with Crippen molar-refractivity contribution in [3.63, 3.8) is 0 Å². The van der Waals surface area contributed by atoms with Crippen LogP contribution in [0.25, 0.3) is 0 Å². The van der Waals surface area contributed by atoms with Gasteiger partial charge in [0.1, 0.15) is 12.4 Å². The second kappa shape index (κ2) is 6.79. The highest BCUT2D eigenvalue weighted by atomic mass is 35.5. The maximum Gasteiger partial charge on any atom is 0.138 e. The lowest BCUT2D eigenvalue weighted by molar-refractivity contribution is 0.0162. The first-order valence-electron chi connectivity index (χ1n) is 7.22. The Balaban J connectivity index is 1.73. The molecule has 0 spiro atoms. The van der Waals surface area contributed by atoms with Gasteiger partial charge < -0.3 is 14.8 Å². The third-order valence-electron chi connectivity index (χ3n) is 3.32. The molecule has 4 heteroatoms. The molecule has 112 valence electrons. The maximum absolute atomic E-state index is 6.06. The van der Waals surface area contributed by atoms with Gasteiger partial charge in [0, 0.05) is 12.1 Å². The van der Waals surface area contributed by atoms with E-state index in [0.29, 0.717) is 11.6 Å². The average molecular weight is 298 g/mol. The van der Waals surface area contributed by atoms with E-state index in [1.807, 2.05) is 24.3 Å². The monoisotopic (exact) mass is 297 g/mol. The predicted octanol–water partition coefficient (Wildman–Crippen LogP) is 3.65. The third-order valence-corrected chi connectivity index (χ3v) is 3.63. The fourth-order valence-corrected chi connectivity index (χ4v) is 2.41. The van der Waals surface area contributed by atoms with E-state index >= 15 is 0 Å². The number of rotatable bonds is 5. The van der Waals surface area contributed by atoms with Crippen LogP contribution in [0.1, 0.15) is 33.6 Å². The number of nitrogens with one attached hydrogen (secondary N) is 1. The van der Waals surface area contributed by atoms with E-state index in [1.165, 1.54) is 0 Å². The summed E-state index contributed by atoms with van der Waals surface area (Å²) in [5, 5.41) is 4.13. The van der Waals surface area contributed by atoms with Crippen molar-refractivity contribution in [2.24, 2.45) is 0 Å². The van der Waals surface area contributed by atoms with Gasteiger partial charge in [0.15, 0.2) is 0 Å². The van der Waals surface area contributed by atoms with Crippen LogP contribution in [0.3, 0.4) is 0 Å². The van der Waals surface area contributed by atoms with Gasteiger partial charge in [-0.05, 0) is 45.7 Å². The Hall–Kier alpha value is -0.770. The van der Waals surface area contributed by atoms with Crippen LogP contribution >= 0.6 is 11.6 Å². The van der Waals surface area contributed by atoms with Crippen LogP contribution in [0, 0.1) is 0 Å². The molecule has 1 aliphatic rings. The zero-order valence-corrected chi connectivity index (χ0v) is 13.2. The number of benzene rings is 1. The van der Waals surface area contributed by atoms with Gasteiger partial charge in [-0.3, -0.25) is 0 Å². The average Bonchev–Trinajstić information content (AvgIpc) is 2.83. The molecule has 1 N–H and O–H groups in total. The van der Waals surface area contributed by atoms with Crippen LogP contribution < -0.4 is 10.1 Å². The van der Waals surface area contributed by atoms with Gasteiger partial charge >= 0.3 is 0 Å². The fourth-order valence-electron chi connectivity index (χ4n) is 2.22. The van der Waals surface area contributed by atoms with E-state index in [2.05, 4.69) is 26.1 Å². The molecule has 1 aromatic carbocycles. The minimum absolute atomic E-state index is 0.134. The molecule has 0 amide bonds. The van der Waals surface area contributed by atoms with Crippen molar-refractivity contribution in [1.82, 2.24) is 5.32 Å². The summed E-state index contributed by atoms with van der Waals surface area (Å²) in [6.45, 7) is 7.96. The molecular formula is C16H24ClNO2. The van der Waals surface area contributed by atoms with Gasteiger partial charge in [-0.25, -0.2) is 0 Å². The number of para-hydroxylation sites is 1. The van der Waals surface area contributed by atoms with Crippen molar-refractivity contribution >= 4 is 11.6 Å². The number of hydrogen-bond donors (Lipinski definition) is 1. The quantitative estimate of drug-likeness (QED) is 0.900. The van der Waals surface area contributed by atoms with Gasteiger partial charge in [0.2, 0.25) is 0 Å². The van der Waals surface area contributed by atoms with Crippen molar-refractivity contribution < 1.29 is 9.47 Å². The van der Waals surface area contributed by atoms with E-state index in [4.69, 9.17) is 21.1 Å². The van der Waals surface area contributed by atoms with Gasteiger partial charge in [-0.1, -0.05) is 23.7 Å². The summed E-state index contributed by atoms with van der Waals surface area (Å²) in [7, 11) is 0. The molecule has 20 heavy (non-hydrogen) atoms. The third kappa shape index (κ3) is 4.97. The van der Waals surface area contributed by atoms with E-state index in [9.17, 15) is 0 Å². The van der Waals surface area contributed by atoms with Crippen LogP contribution in [0.5, 0.6) is 5.75 Å². The topological polar surface area (TPSA) is 30.5 Å². The summed E-state index contributed by atoms with van der Waals surface area (Å²) in [4.78, 5) is 0. The molecule has 0 saturated carbocycles. The molecule has 0 aliphatic carbocycles. The van der Waals surface area contributed by atoms with E-state index < -0.39 is 0 Å². The van der Waals surface area contributed by atoms with Gasteiger partial charge in [-0.2, -0.15) is 0 Å². The normalized spacial score (nSPS) is 23.0. The van der Waals surface area contributed by atoms with Crippen molar-refractivity contribution in [1.29, 1.82) is 0 Å². The molecule has 0 aromatic heterocycles. The molecule has 1 aliphatic heterocycles. The summed E-state index contributed by atoms with van der Waals surface area (Å²) < 4.78 is 11.7. The lowest BCUT2D eigenvalue weighted by atomic mass is 10.1. The first kappa shape index (κ1) is 15.6. The van der Waals surface area contributed by atoms with Crippen LogP contribution in [-0.4, -0.2) is 30.9 Å².